The van der Waals surface area contributed by atoms with Crippen LogP contribution in [-0.4, -0.2) is 22.6 Å². The zero-order valence-corrected chi connectivity index (χ0v) is 10.2. The Bertz CT molecular complexity index is 288. The van der Waals surface area contributed by atoms with Crippen LogP contribution in [0.5, 0.6) is 0 Å². The predicted octanol–water partition coefficient (Wildman–Crippen LogP) is 2.55. The van der Waals surface area contributed by atoms with E-state index in [1.54, 1.807) is 0 Å². The Morgan fingerprint density at radius 3 is 2.67 bits per heavy atom. The fourth-order valence-corrected chi connectivity index (χ4v) is 1.15. The van der Waals surface area contributed by atoms with Crippen molar-refractivity contribution in [3.05, 3.63) is 5.89 Å². The highest BCUT2D eigenvalue weighted by Gasteiger charge is 2.09. The molecule has 86 valence electrons. The Labute approximate surface area is 95.4 Å². The van der Waals surface area contributed by atoms with Crippen molar-refractivity contribution in [3.8, 4) is 0 Å². The topological polar surface area (TPSA) is 51.0 Å². The molecule has 0 spiro atoms. The van der Waals surface area contributed by atoms with Crippen LogP contribution in [0.4, 0.5) is 6.01 Å². The first-order valence-corrected chi connectivity index (χ1v) is 5.79. The normalized spacial score (nSPS) is 13.1. The van der Waals surface area contributed by atoms with Gasteiger partial charge in [-0.05, 0) is 11.8 Å². The van der Waals surface area contributed by atoms with Crippen LogP contribution in [0.15, 0.2) is 4.42 Å². The molecule has 0 amide bonds. The third-order valence-corrected chi connectivity index (χ3v) is 2.68. The first-order valence-electron chi connectivity index (χ1n) is 5.25. The van der Waals surface area contributed by atoms with Gasteiger partial charge in [-0.25, -0.2) is 0 Å². The van der Waals surface area contributed by atoms with Crippen LogP contribution in [-0.2, 0) is 6.42 Å². The SMILES string of the molecule is CC(C)C(C)CNc1nnc(CCCl)o1. The van der Waals surface area contributed by atoms with E-state index in [1.807, 2.05) is 0 Å². The highest BCUT2D eigenvalue weighted by molar-refractivity contribution is 6.17. The van der Waals surface area contributed by atoms with Crippen LogP contribution in [0.1, 0.15) is 26.7 Å². The summed E-state index contributed by atoms with van der Waals surface area (Å²) in [5, 5.41) is 10.9. The molecule has 0 radical (unpaired) electrons. The number of anilines is 1. The average Bonchev–Trinajstić information content (AvgIpc) is 2.62. The van der Waals surface area contributed by atoms with E-state index in [1.165, 1.54) is 0 Å². The lowest BCUT2D eigenvalue weighted by molar-refractivity contribution is 0.431. The number of hydrogen-bond acceptors (Lipinski definition) is 4. The maximum Gasteiger partial charge on any atom is 0.315 e. The Morgan fingerprint density at radius 2 is 2.07 bits per heavy atom. The second-order valence-corrected chi connectivity index (χ2v) is 4.42. The number of aryl methyl sites for hydroxylation is 1. The number of halogens is 1. The van der Waals surface area contributed by atoms with Crippen molar-refractivity contribution in [1.82, 2.24) is 10.2 Å². The molecule has 1 atom stereocenters. The first kappa shape index (κ1) is 12.3. The van der Waals surface area contributed by atoms with Gasteiger partial charge in [0, 0.05) is 18.8 Å². The molecule has 15 heavy (non-hydrogen) atoms. The maximum atomic E-state index is 5.57. The van der Waals surface area contributed by atoms with Gasteiger partial charge in [-0.15, -0.1) is 16.7 Å². The summed E-state index contributed by atoms with van der Waals surface area (Å²) in [4.78, 5) is 0. The lowest BCUT2D eigenvalue weighted by atomic mass is 9.98. The highest BCUT2D eigenvalue weighted by Crippen LogP contribution is 2.12. The predicted molar refractivity (Wildman–Crippen MR) is 61.2 cm³/mol. The largest absolute Gasteiger partial charge is 0.408 e. The molecule has 0 bridgehead atoms. The number of nitrogens with one attached hydrogen (secondary N) is 1. The zero-order valence-electron chi connectivity index (χ0n) is 9.46. The summed E-state index contributed by atoms with van der Waals surface area (Å²) in [7, 11) is 0. The van der Waals surface area contributed by atoms with Crippen LogP contribution in [0, 0.1) is 11.8 Å². The number of aromatic nitrogens is 2. The molecule has 1 rings (SSSR count). The lowest BCUT2D eigenvalue weighted by Crippen LogP contribution is -2.16. The van der Waals surface area contributed by atoms with Crippen molar-refractivity contribution in [3.63, 3.8) is 0 Å². The van der Waals surface area contributed by atoms with E-state index in [4.69, 9.17) is 16.0 Å². The molecule has 0 aliphatic carbocycles. The summed E-state index contributed by atoms with van der Waals surface area (Å²) in [6, 6.07) is 0.489. The number of rotatable bonds is 6. The van der Waals surface area contributed by atoms with Crippen molar-refractivity contribution in [2.45, 2.75) is 27.2 Å². The second-order valence-electron chi connectivity index (χ2n) is 4.04. The van der Waals surface area contributed by atoms with Gasteiger partial charge in [0.05, 0.1) is 0 Å². The number of hydrogen-bond donors (Lipinski definition) is 1. The van der Waals surface area contributed by atoms with E-state index in [0.29, 0.717) is 36.0 Å². The van der Waals surface area contributed by atoms with E-state index >= 15 is 0 Å². The summed E-state index contributed by atoms with van der Waals surface area (Å²) in [5.74, 6) is 2.31. The van der Waals surface area contributed by atoms with Crippen LogP contribution >= 0.6 is 11.6 Å². The lowest BCUT2D eigenvalue weighted by Gasteiger charge is -2.14. The molecule has 1 N–H and O–H groups in total. The fourth-order valence-electron chi connectivity index (χ4n) is 0.991. The first-order chi connectivity index (χ1) is 7.13. The Morgan fingerprint density at radius 1 is 1.33 bits per heavy atom. The third kappa shape index (κ3) is 4.08. The summed E-state index contributed by atoms with van der Waals surface area (Å²) in [5.41, 5.74) is 0. The molecule has 1 aromatic rings. The van der Waals surface area contributed by atoms with Gasteiger partial charge in [-0.3, -0.25) is 0 Å². The van der Waals surface area contributed by atoms with Crippen LogP contribution in [0.3, 0.4) is 0 Å². The van der Waals surface area contributed by atoms with Gasteiger partial charge in [-0.1, -0.05) is 25.9 Å². The van der Waals surface area contributed by atoms with Crippen LogP contribution in [0.25, 0.3) is 0 Å². The van der Waals surface area contributed by atoms with Crippen molar-refractivity contribution in [2.75, 3.05) is 17.7 Å². The molecule has 0 saturated heterocycles. The minimum atomic E-state index is 0.489. The molecule has 1 unspecified atom stereocenters. The van der Waals surface area contributed by atoms with Gasteiger partial charge in [0.25, 0.3) is 0 Å². The highest BCUT2D eigenvalue weighted by atomic mass is 35.5. The molecular weight excluding hydrogens is 214 g/mol. The molecule has 5 heteroatoms. The van der Waals surface area contributed by atoms with E-state index in [0.717, 1.165) is 6.54 Å². The van der Waals surface area contributed by atoms with Gasteiger partial charge in [-0.2, -0.15) is 0 Å². The van der Waals surface area contributed by atoms with Crippen molar-refractivity contribution in [1.29, 1.82) is 0 Å². The maximum absolute atomic E-state index is 5.57. The monoisotopic (exact) mass is 231 g/mol. The molecule has 0 aromatic carbocycles. The van der Waals surface area contributed by atoms with Gasteiger partial charge < -0.3 is 9.73 Å². The fraction of sp³-hybridized carbons (Fsp3) is 0.800. The molecule has 1 aromatic heterocycles. The van der Waals surface area contributed by atoms with E-state index in [2.05, 4.69) is 36.3 Å². The second kappa shape index (κ2) is 5.95. The van der Waals surface area contributed by atoms with Crippen molar-refractivity contribution < 1.29 is 4.42 Å². The zero-order chi connectivity index (χ0) is 11.3. The van der Waals surface area contributed by atoms with Gasteiger partial charge >= 0.3 is 6.01 Å². The standard InChI is InChI=1S/C10H18ClN3O/c1-7(2)8(3)6-12-10-14-13-9(15-10)4-5-11/h7-8H,4-6H2,1-3H3,(H,12,14). The molecule has 4 nitrogen and oxygen atoms in total. The van der Waals surface area contributed by atoms with Crippen LogP contribution < -0.4 is 5.32 Å². The van der Waals surface area contributed by atoms with Gasteiger partial charge in [0.1, 0.15) is 0 Å². The minimum absolute atomic E-state index is 0.489. The third-order valence-electron chi connectivity index (χ3n) is 2.49. The molecule has 0 aliphatic heterocycles. The molecule has 0 fully saturated rings. The molecule has 0 saturated carbocycles. The summed E-state index contributed by atoms with van der Waals surface area (Å²) < 4.78 is 5.34. The summed E-state index contributed by atoms with van der Waals surface area (Å²) >= 11 is 5.57. The Kier molecular flexibility index (Phi) is 4.88. The number of nitrogens with zero attached hydrogens (tertiary/aromatic N) is 2. The summed E-state index contributed by atoms with van der Waals surface area (Å²) in [6.45, 7) is 7.42. The average molecular weight is 232 g/mol. The minimum Gasteiger partial charge on any atom is -0.408 e. The smallest absolute Gasteiger partial charge is 0.315 e. The van der Waals surface area contributed by atoms with Gasteiger partial charge in [0.15, 0.2) is 0 Å². The van der Waals surface area contributed by atoms with E-state index in [9.17, 15) is 0 Å². The summed E-state index contributed by atoms with van der Waals surface area (Å²) in [6.07, 6.45) is 0.621. The quantitative estimate of drug-likeness (QED) is 0.765. The van der Waals surface area contributed by atoms with E-state index in [-0.39, 0.29) is 0 Å². The number of alkyl halides is 1. The van der Waals surface area contributed by atoms with Crippen molar-refractivity contribution in [2.24, 2.45) is 11.8 Å². The Balaban J connectivity index is 2.37. The molecule has 0 aliphatic rings. The molecular formula is C10H18ClN3O. The van der Waals surface area contributed by atoms with Gasteiger partial charge in [0.2, 0.25) is 5.89 Å². The van der Waals surface area contributed by atoms with E-state index < -0.39 is 0 Å². The van der Waals surface area contributed by atoms with Crippen LogP contribution in [0.2, 0.25) is 0 Å². The Hall–Kier alpha value is -0.770. The molecule has 1 heterocycles. The van der Waals surface area contributed by atoms with Crippen molar-refractivity contribution >= 4 is 17.6 Å².